The fourth-order valence-electron chi connectivity index (χ4n) is 10.9. The zero-order chi connectivity index (χ0) is 56.5. The van der Waals surface area contributed by atoms with Crippen LogP contribution in [0.3, 0.4) is 0 Å². The number of amides is 7. The SMILES string of the molecule is NCCNC(=O)OC1C[C@H]2C(=O)N[C@H](CCc3ccccc3)C(=O)N[C@H](Cc3c[nH]c4ccccc34)C(=O)N[C@@H](CC3CCNCC3)C(=O)N[C@@H](Cc3ccc(OCc4ccccc4)cc3)C(=O)N[C@@H](Cc3ccccc3)C(=O)N2C1. The summed E-state index contributed by atoms with van der Waals surface area (Å²) < 4.78 is 11.9. The third kappa shape index (κ3) is 15.9. The number of aryl methyl sites for hydroxylation is 1. The van der Waals surface area contributed by atoms with Crippen LogP contribution in [0.1, 0.15) is 59.9 Å². The van der Waals surface area contributed by atoms with Gasteiger partial charge in [-0.05, 0) is 97.1 Å². The molecular weight excluding hydrogens is 1030 g/mol. The number of hydrogen-bond donors (Lipinski definition) is 9. The van der Waals surface area contributed by atoms with Crippen molar-refractivity contribution in [2.45, 2.75) is 107 Å². The van der Waals surface area contributed by atoms with Crippen LogP contribution < -0.4 is 47.7 Å². The van der Waals surface area contributed by atoms with Gasteiger partial charge in [0, 0.05) is 55.9 Å². The molecular formula is C62H72N10O9. The molecule has 0 spiro atoms. The number of H-pyrrole nitrogens is 1. The van der Waals surface area contributed by atoms with Gasteiger partial charge in [-0.25, -0.2) is 4.79 Å². The Balaban J connectivity index is 1.10. The smallest absolute Gasteiger partial charge is 0.407 e. The van der Waals surface area contributed by atoms with Crippen molar-refractivity contribution in [3.63, 3.8) is 0 Å². The highest BCUT2D eigenvalue weighted by Crippen LogP contribution is 2.26. The van der Waals surface area contributed by atoms with Crippen LogP contribution in [0.15, 0.2) is 146 Å². The van der Waals surface area contributed by atoms with Crippen molar-refractivity contribution >= 4 is 52.4 Å². The molecule has 0 saturated carbocycles. The molecule has 81 heavy (non-hydrogen) atoms. The lowest BCUT2D eigenvalue weighted by molar-refractivity contribution is -0.143. The molecule has 3 fully saturated rings. The molecule has 7 atom stereocenters. The number of carbonyl (C=O) groups is 7. The second kappa shape index (κ2) is 28.0. The first-order valence-corrected chi connectivity index (χ1v) is 28.0. The molecule has 19 heteroatoms. The fourth-order valence-corrected chi connectivity index (χ4v) is 10.9. The van der Waals surface area contributed by atoms with Crippen LogP contribution in [0.5, 0.6) is 5.75 Å². The van der Waals surface area contributed by atoms with E-state index >= 15 is 28.8 Å². The molecule has 7 amide bonds. The van der Waals surface area contributed by atoms with Crippen LogP contribution in [-0.2, 0) is 65.8 Å². The number of piperidine rings is 1. The van der Waals surface area contributed by atoms with Gasteiger partial charge in [0.25, 0.3) is 0 Å². The molecule has 3 aliphatic heterocycles. The molecule has 0 radical (unpaired) electrons. The number of para-hydroxylation sites is 1. The third-order valence-corrected chi connectivity index (χ3v) is 15.3. The lowest BCUT2D eigenvalue weighted by Crippen LogP contribution is -2.62. The van der Waals surface area contributed by atoms with Crippen LogP contribution in [0.2, 0.25) is 0 Å². The average Bonchev–Trinajstić information content (AvgIpc) is 4.11. The minimum absolute atomic E-state index is 0.00232. The number of carbonyl (C=O) groups excluding carboxylic acids is 7. The predicted octanol–water partition coefficient (Wildman–Crippen LogP) is 3.89. The summed E-state index contributed by atoms with van der Waals surface area (Å²) >= 11 is 0. The minimum atomic E-state index is -1.32. The molecule has 10 N–H and O–H groups in total. The van der Waals surface area contributed by atoms with Gasteiger partial charge in [0.05, 0.1) is 6.54 Å². The molecule has 1 unspecified atom stereocenters. The highest BCUT2D eigenvalue weighted by molar-refractivity contribution is 5.99. The predicted molar refractivity (Wildman–Crippen MR) is 305 cm³/mol. The topological polar surface area (TPSA) is 267 Å². The molecule has 0 aliphatic carbocycles. The van der Waals surface area contributed by atoms with Gasteiger partial charge in [-0.1, -0.05) is 121 Å². The monoisotopic (exact) mass is 1100 g/mol. The molecule has 6 aromatic rings. The zero-order valence-electron chi connectivity index (χ0n) is 45.3. The van der Waals surface area contributed by atoms with E-state index in [1.54, 1.807) is 42.6 Å². The lowest BCUT2D eigenvalue weighted by Gasteiger charge is -2.32. The van der Waals surface area contributed by atoms with E-state index in [2.05, 4.69) is 42.2 Å². The van der Waals surface area contributed by atoms with Gasteiger partial charge in [0.1, 0.15) is 54.7 Å². The number of hydrogen-bond acceptors (Lipinski definition) is 11. The van der Waals surface area contributed by atoms with Crippen molar-refractivity contribution < 1.29 is 43.0 Å². The fraction of sp³-hybridized carbons (Fsp3) is 0.371. The van der Waals surface area contributed by atoms with E-state index in [4.69, 9.17) is 15.2 Å². The van der Waals surface area contributed by atoms with Gasteiger partial charge in [-0.3, -0.25) is 28.8 Å². The van der Waals surface area contributed by atoms with Crippen molar-refractivity contribution in [2.75, 3.05) is 32.7 Å². The second-order valence-electron chi connectivity index (χ2n) is 21.1. The number of aromatic amines is 1. The Bertz CT molecular complexity index is 3080. The highest BCUT2D eigenvalue weighted by Gasteiger charge is 2.45. The average molecular weight is 1100 g/mol. The van der Waals surface area contributed by atoms with E-state index in [0.717, 1.165) is 40.4 Å². The van der Waals surface area contributed by atoms with Crippen LogP contribution in [-0.4, -0.2) is 126 Å². The van der Waals surface area contributed by atoms with E-state index in [0.29, 0.717) is 43.0 Å². The van der Waals surface area contributed by atoms with Crippen LogP contribution in [0, 0.1) is 5.92 Å². The second-order valence-corrected chi connectivity index (χ2v) is 21.1. The van der Waals surface area contributed by atoms with Gasteiger partial charge < -0.3 is 62.3 Å². The van der Waals surface area contributed by atoms with Crippen molar-refractivity contribution in [3.8, 4) is 5.75 Å². The number of alkyl carbamates (subject to hydrolysis) is 1. The summed E-state index contributed by atoms with van der Waals surface area (Å²) in [6, 6.07) is 35.3. The first kappa shape index (κ1) is 57.1. The molecule has 3 aliphatic rings. The number of benzene rings is 5. The molecule has 5 aromatic carbocycles. The summed E-state index contributed by atoms with van der Waals surface area (Å²) in [6.45, 7) is 1.77. The van der Waals surface area contributed by atoms with Gasteiger partial charge in [-0.15, -0.1) is 0 Å². The van der Waals surface area contributed by atoms with Crippen molar-refractivity contribution in [1.29, 1.82) is 0 Å². The Morgan fingerprint density at radius 1 is 0.593 bits per heavy atom. The summed E-state index contributed by atoms with van der Waals surface area (Å²) in [6.07, 6.45) is 1.88. The van der Waals surface area contributed by atoms with Gasteiger partial charge in [0.2, 0.25) is 35.4 Å². The van der Waals surface area contributed by atoms with Gasteiger partial charge in [0.15, 0.2) is 0 Å². The third-order valence-electron chi connectivity index (χ3n) is 15.3. The maximum Gasteiger partial charge on any atom is 0.407 e. The van der Waals surface area contributed by atoms with Crippen molar-refractivity contribution in [3.05, 3.63) is 174 Å². The molecule has 424 valence electrons. The maximum absolute atomic E-state index is 15.4. The van der Waals surface area contributed by atoms with E-state index < -0.39 is 83.9 Å². The standard InChI is InChI=1S/C62H72N10O9/c63-28-31-65-62(79)81-47-36-55-60(77)67-50(25-22-40-12-4-1-5-13-40)56(73)70-53(35-45-37-66-49-19-11-10-18-48(45)49)59(76)69-52(33-43-26-29-64-30-27-43)57(74)68-51(32-42-20-23-46(24-21-42)80-39-44-16-8-3-9-17-44)58(75)71-54(61(78)72(55)38-47)34-41-14-6-2-7-15-41/h1-21,23-24,37,43,47,50-55,64,66H,22,25-36,38-39,63H2,(H,65,79)(H,67,77)(H,68,74)(H,69,76)(H,70,73)(H,71,75)/t47?,50-,51+,52+,53-,54+,55+/m1/s1. The molecule has 19 nitrogen and oxygen atoms in total. The number of fused-ring (bicyclic) bond motifs is 2. The molecule has 9 rings (SSSR count). The number of rotatable bonds is 17. The summed E-state index contributed by atoms with van der Waals surface area (Å²) in [5.41, 5.74) is 10.4. The van der Waals surface area contributed by atoms with Crippen LogP contribution in [0.25, 0.3) is 10.9 Å². The Labute approximate surface area is 471 Å². The maximum atomic E-state index is 15.4. The lowest BCUT2D eigenvalue weighted by atomic mass is 9.90. The minimum Gasteiger partial charge on any atom is -0.489 e. The number of ether oxygens (including phenoxy) is 2. The molecule has 0 bridgehead atoms. The Morgan fingerprint density at radius 2 is 1.15 bits per heavy atom. The van der Waals surface area contributed by atoms with Gasteiger partial charge in [-0.2, -0.15) is 0 Å². The highest BCUT2D eigenvalue weighted by atomic mass is 16.6. The van der Waals surface area contributed by atoms with E-state index in [1.807, 2.05) is 103 Å². The summed E-state index contributed by atoms with van der Waals surface area (Å²) in [5.74, 6) is -3.42. The van der Waals surface area contributed by atoms with Crippen LogP contribution >= 0.6 is 0 Å². The molecule has 3 saturated heterocycles. The Kier molecular flexibility index (Phi) is 19.8. The van der Waals surface area contributed by atoms with Gasteiger partial charge >= 0.3 is 6.09 Å². The van der Waals surface area contributed by atoms with E-state index in [9.17, 15) is 4.79 Å². The Morgan fingerprint density at radius 3 is 1.84 bits per heavy atom. The first-order valence-electron chi connectivity index (χ1n) is 28.0. The number of nitrogens with one attached hydrogen (secondary N) is 8. The van der Waals surface area contributed by atoms with Crippen molar-refractivity contribution in [1.82, 2.24) is 47.1 Å². The quantitative estimate of drug-likeness (QED) is 0.0633. The van der Waals surface area contributed by atoms with Crippen LogP contribution in [0.4, 0.5) is 4.79 Å². The zero-order valence-corrected chi connectivity index (χ0v) is 45.3. The number of nitrogens with two attached hydrogens (primary N) is 1. The number of nitrogens with zero attached hydrogens (tertiary/aromatic N) is 1. The summed E-state index contributed by atoms with van der Waals surface area (Å²) in [5, 5.41) is 21.7. The largest absolute Gasteiger partial charge is 0.489 e. The Hall–Kier alpha value is -8.55. The normalized spacial score (nSPS) is 22.5. The van der Waals surface area contributed by atoms with E-state index in [1.165, 1.54) is 4.90 Å². The summed E-state index contributed by atoms with van der Waals surface area (Å²) in [4.78, 5) is 109. The molecule has 1 aromatic heterocycles. The van der Waals surface area contributed by atoms with E-state index in [-0.39, 0.29) is 64.1 Å². The first-order chi connectivity index (χ1) is 39.5. The summed E-state index contributed by atoms with van der Waals surface area (Å²) in [7, 11) is 0. The number of aromatic nitrogens is 1. The molecule has 4 heterocycles. The van der Waals surface area contributed by atoms with Crippen molar-refractivity contribution in [2.24, 2.45) is 11.7 Å².